The van der Waals surface area contributed by atoms with E-state index in [-0.39, 0.29) is 11.9 Å². The second-order valence-corrected chi connectivity index (χ2v) is 6.54. The molecule has 3 amide bonds. The van der Waals surface area contributed by atoms with Crippen LogP contribution in [0.1, 0.15) is 10.4 Å². The van der Waals surface area contributed by atoms with Crippen LogP contribution in [0.25, 0.3) is 0 Å². The summed E-state index contributed by atoms with van der Waals surface area (Å²) in [7, 11) is 0. The van der Waals surface area contributed by atoms with Crippen LogP contribution in [0.3, 0.4) is 0 Å². The lowest BCUT2D eigenvalue weighted by Crippen LogP contribution is -2.51. The summed E-state index contributed by atoms with van der Waals surface area (Å²) >= 11 is 12.0. The molecule has 1 aliphatic rings. The highest BCUT2D eigenvalue weighted by Gasteiger charge is 2.26. The molecule has 0 atom stereocenters. The topological polar surface area (TPSA) is 52.7 Å². The number of hydrogen-bond acceptors (Lipinski definition) is 2. The van der Waals surface area contributed by atoms with Gasteiger partial charge in [0.1, 0.15) is 0 Å². The minimum absolute atomic E-state index is 0.148. The number of anilines is 1. The standard InChI is InChI=1S/C18H17Cl2N3O2/c19-13-6-7-15(16(20)12-13)17(24)22-8-10-23(11-9-22)18(25)21-14-4-2-1-3-5-14/h1-7,12H,8-11H2,(H,21,25). The Hall–Kier alpha value is -2.24. The number of benzene rings is 2. The Bertz CT molecular complexity index is 775. The molecule has 0 spiro atoms. The van der Waals surface area contributed by atoms with E-state index in [2.05, 4.69) is 5.32 Å². The van der Waals surface area contributed by atoms with E-state index in [0.29, 0.717) is 41.8 Å². The number of amides is 3. The van der Waals surface area contributed by atoms with E-state index in [1.165, 1.54) is 0 Å². The van der Waals surface area contributed by atoms with Gasteiger partial charge in [0, 0.05) is 36.9 Å². The Kier molecular flexibility index (Phi) is 5.46. The summed E-state index contributed by atoms with van der Waals surface area (Å²) in [5.74, 6) is -0.148. The molecule has 1 heterocycles. The number of rotatable bonds is 2. The third-order valence-electron chi connectivity index (χ3n) is 4.04. The first-order chi connectivity index (χ1) is 12.0. The average Bonchev–Trinajstić information content (AvgIpc) is 2.62. The number of halogens is 2. The summed E-state index contributed by atoms with van der Waals surface area (Å²) in [6, 6.07) is 13.9. The Morgan fingerprint density at radius 1 is 0.880 bits per heavy atom. The van der Waals surface area contributed by atoms with E-state index in [0.717, 1.165) is 5.69 Å². The van der Waals surface area contributed by atoms with Crippen LogP contribution < -0.4 is 5.32 Å². The fraction of sp³-hybridized carbons (Fsp3) is 0.222. The Labute approximate surface area is 156 Å². The van der Waals surface area contributed by atoms with Gasteiger partial charge in [-0.15, -0.1) is 0 Å². The monoisotopic (exact) mass is 377 g/mol. The third-order valence-corrected chi connectivity index (χ3v) is 4.59. The molecule has 1 N–H and O–H groups in total. The summed E-state index contributed by atoms with van der Waals surface area (Å²) in [6.45, 7) is 1.85. The zero-order valence-corrected chi connectivity index (χ0v) is 14.9. The zero-order chi connectivity index (χ0) is 17.8. The summed E-state index contributed by atoms with van der Waals surface area (Å²) in [5.41, 5.74) is 1.17. The number of carbonyl (C=O) groups is 2. The largest absolute Gasteiger partial charge is 0.335 e. The highest BCUT2D eigenvalue weighted by atomic mass is 35.5. The maximum atomic E-state index is 12.6. The van der Waals surface area contributed by atoms with E-state index >= 15 is 0 Å². The summed E-state index contributed by atoms with van der Waals surface area (Å²) in [5, 5.41) is 3.68. The molecule has 0 unspecified atom stereocenters. The number of para-hydroxylation sites is 1. The first-order valence-electron chi connectivity index (χ1n) is 7.90. The number of urea groups is 1. The van der Waals surface area contributed by atoms with Crippen LogP contribution in [0.4, 0.5) is 10.5 Å². The number of nitrogens with zero attached hydrogens (tertiary/aromatic N) is 2. The first-order valence-corrected chi connectivity index (χ1v) is 8.65. The molecule has 1 saturated heterocycles. The van der Waals surface area contributed by atoms with Crippen molar-refractivity contribution < 1.29 is 9.59 Å². The van der Waals surface area contributed by atoms with Crippen LogP contribution in [0.2, 0.25) is 10.0 Å². The molecule has 2 aromatic rings. The van der Waals surface area contributed by atoms with Crippen LogP contribution >= 0.6 is 23.2 Å². The number of piperazine rings is 1. The quantitative estimate of drug-likeness (QED) is 0.860. The summed E-state index contributed by atoms with van der Waals surface area (Å²) < 4.78 is 0. The molecule has 1 fully saturated rings. The Morgan fingerprint density at radius 2 is 1.52 bits per heavy atom. The van der Waals surface area contributed by atoms with Crippen molar-refractivity contribution in [3.63, 3.8) is 0 Å². The molecular weight excluding hydrogens is 361 g/mol. The van der Waals surface area contributed by atoms with Gasteiger partial charge < -0.3 is 15.1 Å². The van der Waals surface area contributed by atoms with Gasteiger partial charge in [-0.05, 0) is 30.3 Å². The second-order valence-electron chi connectivity index (χ2n) is 5.70. The van der Waals surface area contributed by atoms with Crippen molar-refractivity contribution in [2.75, 3.05) is 31.5 Å². The average molecular weight is 378 g/mol. The highest BCUT2D eigenvalue weighted by Crippen LogP contribution is 2.23. The predicted octanol–water partition coefficient (Wildman–Crippen LogP) is 3.98. The van der Waals surface area contributed by atoms with Crippen molar-refractivity contribution in [3.05, 3.63) is 64.1 Å². The fourth-order valence-corrected chi connectivity index (χ4v) is 3.16. The second kappa shape index (κ2) is 7.76. The molecule has 130 valence electrons. The lowest BCUT2D eigenvalue weighted by atomic mass is 10.2. The molecule has 0 saturated carbocycles. The molecule has 2 aromatic carbocycles. The van der Waals surface area contributed by atoms with Crippen molar-refractivity contribution in [2.24, 2.45) is 0 Å². The highest BCUT2D eigenvalue weighted by molar-refractivity contribution is 6.36. The molecule has 0 radical (unpaired) electrons. The molecule has 0 aliphatic carbocycles. The smallest absolute Gasteiger partial charge is 0.321 e. The molecule has 1 aliphatic heterocycles. The van der Waals surface area contributed by atoms with Crippen molar-refractivity contribution in [1.82, 2.24) is 9.80 Å². The Morgan fingerprint density at radius 3 is 2.16 bits per heavy atom. The molecule has 3 rings (SSSR count). The molecule has 5 nitrogen and oxygen atoms in total. The van der Waals surface area contributed by atoms with Gasteiger partial charge in [-0.25, -0.2) is 4.79 Å². The lowest BCUT2D eigenvalue weighted by Gasteiger charge is -2.34. The van der Waals surface area contributed by atoms with Gasteiger partial charge in [0.2, 0.25) is 0 Å². The molecule has 0 bridgehead atoms. The number of carbonyl (C=O) groups excluding carboxylic acids is 2. The molecule has 7 heteroatoms. The van der Waals surface area contributed by atoms with Gasteiger partial charge in [-0.2, -0.15) is 0 Å². The normalized spacial score (nSPS) is 14.3. The van der Waals surface area contributed by atoms with E-state index in [9.17, 15) is 9.59 Å². The van der Waals surface area contributed by atoms with Gasteiger partial charge in [-0.1, -0.05) is 41.4 Å². The van der Waals surface area contributed by atoms with Crippen LogP contribution in [-0.4, -0.2) is 47.9 Å². The van der Waals surface area contributed by atoms with Crippen LogP contribution in [0, 0.1) is 0 Å². The van der Waals surface area contributed by atoms with E-state index in [1.807, 2.05) is 30.3 Å². The summed E-state index contributed by atoms with van der Waals surface area (Å²) in [6.07, 6.45) is 0. The van der Waals surface area contributed by atoms with Gasteiger partial charge >= 0.3 is 6.03 Å². The van der Waals surface area contributed by atoms with Crippen molar-refractivity contribution in [3.8, 4) is 0 Å². The summed E-state index contributed by atoms with van der Waals surface area (Å²) in [4.78, 5) is 28.3. The minimum Gasteiger partial charge on any atom is -0.335 e. The van der Waals surface area contributed by atoms with Crippen molar-refractivity contribution in [2.45, 2.75) is 0 Å². The van der Waals surface area contributed by atoms with Gasteiger partial charge in [0.25, 0.3) is 5.91 Å². The fourth-order valence-electron chi connectivity index (χ4n) is 2.67. The van der Waals surface area contributed by atoms with Gasteiger partial charge in [0.05, 0.1) is 10.6 Å². The minimum atomic E-state index is -0.164. The SMILES string of the molecule is O=C(Nc1ccccc1)N1CCN(C(=O)c2ccc(Cl)cc2Cl)CC1. The van der Waals surface area contributed by atoms with Crippen molar-refractivity contribution >= 4 is 40.8 Å². The van der Waals surface area contributed by atoms with Gasteiger partial charge in [0.15, 0.2) is 0 Å². The molecule has 25 heavy (non-hydrogen) atoms. The van der Waals surface area contributed by atoms with Gasteiger partial charge in [-0.3, -0.25) is 4.79 Å². The maximum absolute atomic E-state index is 12.6. The van der Waals surface area contributed by atoms with Crippen LogP contribution in [0.5, 0.6) is 0 Å². The van der Waals surface area contributed by atoms with Crippen molar-refractivity contribution in [1.29, 1.82) is 0 Å². The molecular formula is C18H17Cl2N3O2. The Balaban J connectivity index is 1.58. The first kappa shape index (κ1) is 17.6. The van der Waals surface area contributed by atoms with Crippen LogP contribution in [0.15, 0.2) is 48.5 Å². The van der Waals surface area contributed by atoms with E-state index in [1.54, 1.807) is 28.0 Å². The van der Waals surface area contributed by atoms with E-state index < -0.39 is 0 Å². The maximum Gasteiger partial charge on any atom is 0.321 e. The third kappa shape index (κ3) is 4.24. The van der Waals surface area contributed by atoms with E-state index in [4.69, 9.17) is 23.2 Å². The lowest BCUT2D eigenvalue weighted by molar-refractivity contribution is 0.0672. The molecule has 0 aromatic heterocycles. The predicted molar refractivity (Wildman–Crippen MR) is 99.4 cm³/mol. The zero-order valence-electron chi connectivity index (χ0n) is 13.4. The van der Waals surface area contributed by atoms with Crippen LogP contribution in [-0.2, 0) is 0 Å². The number of nitrogens with one attached hydrogen (secondary N) is 1. The number of hydrogen-bond donors (Lipinski definition) is 1.